The lowest BCUT2D eigenvalue weighted by atomic mass is 10.2. The maximum Gasteiger partial charge on any atom is 0.375 e. The van der Waals surface area contributed by atoms with Gasteiger partial charge in [0.1, 0.15) is 5.58 Å². The molecule has 0 spiro atoms. The number of furan rings is 1. The van der Waals surface area contributed by atoms with Gasteiger partial charge in [-0.3, -0.25) is 0 Å². The fourth-order valence-corrected chi connectivity index (χ4v) is 2.05. The van der Waals surface area contributed by atoms with Crippen molar-refractivity contribution in [2.75, 3.05) is 6.79 Å². The molecule has 1 aromatic carbocycles. The molecule has 1 N–H and O–H groups in total. The number of rotatable bonds is 5. The van der Waals surface area contributed by atoms with E-state index in [9.17, 15) is 4.79 Å². The lowest BCUT2D eigenvalue weighted by Crippen LogP contribution is -2.14. The van der Waals surface area contributed by atoms with Gasteiger partial charge in [-0.15, -0.1) is 0 Å². The minimum atomic E-state index is -1.19. The summed E-state index contributed by atoms with van der Waals surface area (Å²) in [5, 5.41) is 10.2. The predicted octanol–water partition coefficient (Wildman–Crippen LogP) is 3.69. The first-order chi connectivity index (χ1) is 9.48. The Kier molecular flexibility index (Phi) is 3.11. The van der Waals surface area contributed by atoms with E-state index in [4.69, 9.17) is 30.6 Å². The van der Waals surface area contributed by atoms with Crippen LogP contribution in [0.2, 0.25) is 5.02 Å². The minimum absolute atomic E-state index is 0.0159. The molecule has 0 saturated heterocycles. The van der Waals surface area contributed by atoms with Crippen molar-refractivity contribution in [2.24, 2.45) is 0 Å². The molecule has 0 unspecified atom stereocenters. The van der Waals surface area contributed by atoms with E-state index < -0.39 is 5.97 Å². The van der Waals surface area contributed by atoms with E-state index in [0.717, 1.165) is 12.8 Å². The predicted molar refractivity (Wildman–Crippen MR) is 72.4 cm³/mol. The number of carboxylic acid groups (broad SMARTS) is 1. The van der Waals surface area contributed by atoms with Gasteiger partial charge in [0, 0.05) is 5.02 Å². The third-order valence-electron chi connectivity index (χ3n) is 3.36. The van der Waals surface area contributed by atoms with Gasteiger partial charge < -0.3 is 19.0 Å². The molecule has 0 radical (unpaired) electrons. The van der Waals surface area contributed by atoms with Crippen molar-refractivity contribution >= 4 is 28.5 Å². The number of carbonyl (C=O) groups is 1. The van der Waals surface area contributed by atoms with E-state index in [2.05, 4.69) is 0 Å². The Balaban J connectivity index is 1.91. The van der Waals surface area contributed by atoms with Gasteiger partial charge in [-0.05, 0) is 38.0 Å². The normalized spacial score (nSPS) is 16.3. The molecule has 1 aliphatic rings. The van der Waals surface area contributed by atoms with Crippen molar-refractivity contribution in [3.8, 4) is 5.75 Å². The van der Waals surface area contributed by atoms with Crippen LogP contribution in [0.4, 0.5) is 0 Å². The summed E-state index contributed by atoms with van der Waals surface area (Å²) in [4.78, 5) is 11.2. The highest BCUT2D eigenvalue weighted by Gasteiger charge is 2.39. The molecule has 0 amide bonds. The number of ether oxygens (including phenoxy) is 2. The van der Waals surface area contributed by atoms with Crippen molar-refractivity contribution in [1.82, 2.24) is 0 Å². The summed E-state index contributed by atoms with van der Waals surface area (Å²) in [6.45, 7) is 1.97. The van der Waals surface area contributed by atoms with Gasteiger partial charge in [-0.1, -0.05) is 11.6 Å². The third kappa shape index (κ3) is 2.46. The number of fused-ring (bicyclic) bond motifs is 1. The van der Waals surface area contributed by atoms with Crippen molar-refractivity contribution in [3.05, 3.63) is 29.0 Å². The van der Waals surface area contributed by atoms with E-state index in [-0.39, 0.29) is 23.9 Å². The highest BCUT2D eigenvalue weighted by molar-refractivity contribution is 6.31. The van der Waals surface area contributed by atoms with Crippen LogP contribution in [-0.4, -0.2) is 23.5 Å². The van der Waals surface area contributed by atoms with Gasteiger partial charge in [0.25, 0.3) is 5.76 Å². The van der Waals surface area contributed by atoms with Crippen molar-refractivity contribution in [2.45, 2.75) is 25.4 Å². The summed E-state index contributed by atoms with van der Waals surface area (Å²) in [6.07, 6.45) is 1.97. The van der Waals surface area contributed by atoms with Crippen LogP contribution >= 0.6 is 11.6 Å². The second-order valence-corrected chi connectivity index (χ2v) is 5.50. The maximum atomic E-state index is 11.2. The number of hydrogen-bond donors (Lipinski definition) is 1. The van der Waals surface area contributed by atoms with Gasteiger partial charge in [-0.2, -0.15) is 0 Å². The summed E-state index contributed by atoms with van der Waals surface area (Å²) < 4.78 is 16.3. The molecule has 0 aliphatic heterocycles. The molecule has 1 fully saturated rings. The number of aromatic carboxylic acids is 1. The largest absolute Gasteiger partial charge is 0.475 e. The average Bonchev–Trinajstić information content (AvgIpc) is 3.00. The fraction of sp³-hybridized carbons (Fsp3) is 0.357. The van der Waals surface area contributed by atoms with Crippen LogP contribution < -0.4 is 4.74 Å². The van der Waals surface area contributed by atoms with E-state index >= 15 is 0 Å². The molecule has 0 atom stereocenters. The maximum absolute atomic E-state index is 11.2. The summed E-state index contributed by atoms with van der Waals surface area (Å²) in [5.74, 6) is -1.28. The number of halogens is 1. The molecule has 1 heterocycles. The number of hydrogen-bond acceptors (Lipinski definition) is 4. The smallest absolute Gasteiger partial charge is 0.375 e. The topological polar surface area (TPSA) is 68.9 Å². The summed E-state index contributed by atoms with van der Waals surface area (Å²) in [6, 6.07) is 4.85. The third-order valence-corrected chi connectivity index (χ3v) is 3.60. The molecule has 106 valence electrons. The van der Waals surface area contributed by atoms with Gasteiger partial charge in [0.2, 0.25) is 0 Å². The molecule has 6 heteroatoms. The molecule has 1 saturated carbocycles. The Hall–Kier alpha value is -1.72. The van der Waals surface area contributed by atoms with Crippen LogP contribution in [-0.2, 0) is 4.74 Å². The lowest BCUT2D eigenvalue weighted by Gasteiger charge is -2.11. The molecule has 20 heavy (non-hydrogen) atoms. The Morgan fingerprint density at radius 2 is 2.25 bits per heavy atom. The summed E-state index contributed by atoms with van der Waals surface area (Å²) in [5.41, 5.74) is 0.278. The molecular formula is C14H13ClO5. The standard InChI is InChI=1S/C14H13ClO5/c1-14(4-5-14)19-7-18-11-9-6-8(15)2-3-10(9)20-12(11)13(16)17/h2-3,6H,4-5,7H2,1H3,(H,16,17). The quantitative estimate of drug-likeness (QED) is 0.852. The molecular weight excluding hydrogens is 284 g/mol. The Morgan fingerprint density at radius 1 is 1.50 bits per heavy atom. The fourth-order valence-electron chi connectivity index (χ4n) is 1.88. The summed E-state index contributed by atoms with van der Waals surface area (Å²) >= 11 is 5.92. The first-order valence-electron chi connectivity index (χ1n) is 6.21. The zero-order chi connectivity index (χ0) is 14.3. The zero-order valence-electron chi connectivity index (χ0n) is 10.8. The van der Waals surface area contributed by atoms with Crippen LogP contribution in [0.3, 0.4) is 0 Å². The van der Waals surface area contributed by atoms with E-state index in [0.29, 0.717) is 16.0 Å². The van der Waals surface area contributed by atoms with E-state index in [1.54, 1.807) is 18.2 Å². The minimum Gasteiger partial charge on any atom is -0.475 e. The van der Waals surface area contributed by atoms with Crippen LogP contribution in [0.5, 0.6) is 5.75 Å². The van der Waals surface area contributed by atoms with Crippen molar-refractivity contribution in [3.63, 3.8) is 0 Å². The Bertz CT molecular complexity index is 671. The first-order valence-corrected chi connectivity index (χ1v) is 6.58. The van der Waals surface area contributed by atoms with Crippen LogP contribution in [0.25, 0.3) is 11.0 Å². The molecule has 3 rings (SSSR count). The SMILES string of the molecule is CC1(OCOc2c(C(=O)O)oc3ccc(Cl)cc23)CC1. The molecule has 5 nitrogen and oxygen atoms in total. The second-order valence-electron chi connectivity index (χ2n) is 5.06. The van der Waals surface area contributed by atoms with Gasteiger partial charge in [0.15, 0.2) is 12.5 Å². The molecule has 1 aliphatic carbocycles. The van der Waals surface area contributed by atoms with Gasteiger partial charge >= 0.3 is 5.97 Å². The van der Waals surface area contributed by atoms with Crippen LogP contribution in [0, 0.1) is 0 Å². The molecule has 0 bridgehead atoms. The summed E-state index contributed by atoms with van der Waals surface area (Å²) in [7, 11) is 0. The van der Waals surface area contributed by atoms with Gasteiger partial charge in [-0.25, -0.2) is 4.79 Å². The second kappa shape index (κ2) is 4.68. The van der Waals surface area contributed by atoms with Crippen molar-refractivity contribution in [1.29, 1.82) is 0 Å². The highest BCUT2D eigenvalue weighted by atomic mass is 35.5. The Labute approximate surface area is 120 Å². The number of carboxylic acids is 1. The lowest BCUT2D eigenvalue weighted by molar-refractivity contribution is -0.0423. The van der Waals surface area contributed by atoms with Crippen LogP contribution in [0.1, 0.15) is 30.3 Å². The zero-order valence-corrected chi connectivity index (χ0v) is 11.6. The van der Waals surface area contributed by atoms with Gasteiger partial charge in [0.05, 0.1) is 11.0 Å². The average molecular weight is 297 g/mol. The number of benzene rings is 1. The van der Waals surface area contributed by atoms with E-state index in [1.807, 2.05) is 6.92 Å². The highest BCUT2D eigenvalue weighted by Crippen LogP contribution is 2.39. The van der Waals surface area contributed by atoms with Crippen molar-refractivity contribution < 1.29 is 23.8 Å². The molecule has 2 aromatic rings. The van der Waals surface area contributed by atoms with E-state index in [1.165, 1.54) is 0 Å². The Morgan fingerprint density at radius 3 is 2.90 bits per heavy atom. The monoisotopic (exact) mass is 296 g/mol. The first kappa shape index (κ1) is 13.3. The molecule has 1 aromatic heterocycles. The van der Waals surface area contributed by atoms with Crippen LogP contribution in [0.15, 0.2) is 22.6 Å².